The highest BCUT2D eigenvalue weighted by Crippen LogP contribution is 2.23. The van der Waals surface area contributed by atoms with Gasteiger partial charge in [-0.1, -0.05) is 23.7 Å². The van der Waals surface area contributed by atoms with Gasteiger partial charge in [0.05, 0.1) is 16.8 Å². The largest absolute Gasteiger partial charge is 0.363 e. The molecule has 0 atom stereocenters. The number of benzene rings is 2. The Hall–Kier alpha value is -3.78. The summed E-state index contributed by atoms with van der Waals surface area (Å²) in [6.07, 6.45) is 1.61. The highest BCUT2D eigenvalue weighted by molar-refractivity contribution is 6.31. The number of anilines is 2. The standard InChI is InChI=1S/C23H21ClFN5O2/c1-13-4-9-20(27-12-13)29-23(32)17-11-15(24)6-8-19(17)28-22(31)16-7-5-14(10-18(16)25)21(26)30(2)3/h4-12,26H,1-3H3,(H,28,31)(H,27,29,32). The van der Waals surface area contributed by atoms with E-state index in [2.05, 4.69) is 15.6 Å². The van der Waals surface area contributed by atoms with Crippen molar-refractivity contribution in [2.45, 2.75) is 6.92 Å². The molecule has 1 aromatic heterocycles. The van der Waals surface area contributed by atoms with Crippen molar-refractivity contribution < 1.29 is 14.0 Å². The summed E-state index contributed by atoms with van der Waals surface area (Å²) >= 11 is 6.04. The molecule has 7 nitrogen and oxygen atoms in total. The molecule has 0 aliphatic rings. The van der Waals surface area contributed by atoms with Crippen LogP contribution in [0.25, 0.3) is 0 Å². The van der Waals surface area contributed by atoms with Crippen LogP contribution in [0.2, 0.25) is 5.02 Å². The van der Waals surface area contributed by atoms with Gasteiger partial charge in [0, 0.05) is 30.9 Å². The SMILES string of the molecule is Cc1ccc(NC(=O)c2cc(Cl)ccc2NC(=O)c2ccc(C(=N)N(C)C)cc2F)nc1. The summed E-state index contributed by atoms with van der Waals surface area (Å²) in [6, 6.07) is 11.7. The minimum absolute atomic E-state index is 0.0969. The molecule has 32 heavy (non-hydrogen) atoms. The molecule has 0 aliphatic carbocycles. The molecule has 0 spiro atoms. The smallest absolute Gasteiger partial charge is 0.258 e. The quantitative estimate of drug-likeness (QED) is 0.389. The highest BCUT2D eigenvalue weighted by Gasteiger charge is 2.19. The maximum atomic E-state index is 14.6. The van der Waals surface area contributed by atoms with Gasteiger partial charge in [0.25, 0.3) is 11.8 Å². The van der Waals surface area contributed by atoms with E-state index in [1.165, 1.54) is 35.2 Å². The van der Waals surface area contributed by atoms with E-state index in [1.54, 1.807) is 32.4 Å². The van der Waals surface area contributed by atoms with E-state index in [4.69, 9.17) is 17.0 Å². The Morgan fingerprint density at radius 2 is 1.72 bits per heavy atom. The molecule has 0 radical (unpaired) electrons. The molecule has 0 saturated heterocycles. The van der Waals surface area contributed by atoms with E-state index >= 15 is 0 Å². The van der Waals surface area contributed by atoms with Crippen LogP contribution in [0.1, 0.15) is 31.8 Å². The zero-order chi connectivity index (χ0) is 23.4. The Kier molecular flexibility index (Phi) is 6.85. The highest BCUT2D eigenvalue weighted by atomic mass is 35.5. The summed E-state index contributed by atoms with van der Waals surface area (Å²) in [5.41, 5.74) is 1.31. The van der Waals surface area contributed by atoms with Gasteiger partial charge >= 0.3 is 0 Å². The molecule has 0 saturated carbocycles. The molecular weight excluding hydrogens is 433 g/mol. The minimum Gasteiger partial charge on any atom is -0.363 e. The second kappa shape index (κ2) is 9.57. The average molecular weight is 454 g/mol. The van der Waals surface area contributed by atoms with Crippen LogP contribution < -0.4 is 10.6 Å². The van der Waals surface area contributed by atoms with Crippen molar-refractivity contribution in [2.24, 2.45) is 0 Å². The van der Waals surface area contributed by atoms with Crippen molar-refractivity contribution in [3.05, 3.63) is 87.8 Å². The van der Waals surface area contributed by atoms with Crippen molar-refractivity contribution in [3.63, 3.8) is 0 Å². The molecule has 9 heteroatoms. The van der Waals surface area contributed by atoms with Crippen LogP contribution in [0.15, 0.2) is 54.7 Å². The molecule has 0 fully saturated rings. The second-order valence-electron chi connectivity index (χ2n) is 7.26. The summed E-state index contributed by atoms with van der Waals surface area (Å²) in [6.45, 7) is 1.87. The Labute approximate surface area is 189 Å². The molecule has 1 heterocycles. The van der Waals surface area contributed by atoms with Gasteiger partial charge in [0.2, 0.25) is 0 Å². The fourth-order valence-corrected chi connectivity index (χ4v) is 3.01. The van der Waals surface area contributed by atoms with Gasteiger partial charge in [-0.15, -0.1) is 0 Å². The number of nitrogens with zero attached hydrogens (tertiary/aromatic N) is 2. The number of aryl methyl sites for hydroxylation is 1. The second-order valence-corrected chi connectivity index (χ2v) is 7.69. The lowest BCUT2D eigenvalue weighted by atomic mass is 10.1. The van der Waals surface area contributed by atoms with Gasteiger partial charge in [0.15, 0.2) is 0 Å². The van der Waals surface area contributed by atoms with Gasteiger partial charge in [-0.3, -0.25) is 15.0 Å². The van der Waals surface area contributed by atoms with Crippen LogP contribution in [-0.2, 0) is 0 Å². The predicted octanol–water partition coefficient (Wildman–Crippen LogP) is 4.57. The van der Waals surface area contributed by atoms with E-state index in [0.29, 0.717) is 16.4 Å². The fraction of sp³-hybridized carbons (Fsp3) is 0.130. The zero-order valence-corrected chi connectivity index (χ0v) is 18.4. The Morgan fingerprint density at radius 1 is 1.00 bits per heavy atom. The van der Waals surface area contributed by atoms with Crippen molar-refractivity contribution in [3.8, 4) is 0 Å². The number of carbonyl (C=O) groups is 2. The summed E-state index contributed by atoms with van der Waals surface area (Å²) < 4.78 is 14.6. The third-order valence-corrected chi connectivity index (χ3v) is 4.80. The molecule has 0 bridgehead atoms. The van der Waals surface area contributed by atoms with E-state index in [1.807, 2.05) is 6.92 Å². The Bertz CT molecular complexity index is 1200. The first-order chi connectivity index (χ1) is 15.2. The zero-order valence-electron chi connectivity index (χ0n) is 17.7. The number of halogens is 2. The molecule has 0 unspecified atom stereocenters. The van der Waals surface area contributed by atoms with Crippen LogP contribution in [0.3, 0.4) is 0 Å². The lowest BCUT2D eigenvalue weighted by molar-refractivity contribution is 0.102. The third-order valence-electron chi connectivity index (χ3n) is 4.56. The number of aromatic nitrogens is 1. The summed E-state index contributed by atoms with van der Waals surface area (Å²) in [5.74, 6) is -1.61. The van der Waals surface area contributed by atoms with Crippen LogP contribution >= 0.6 is 11.6 Å². The van der Waals surface area contributed by atoms with E-state index < -0.39 is 17.6 Å². The first-order valence-electron chi connectivity index (χ1n) is 9.56. The molecule has 0 aliphatic heterocycles. The van der Waals surface area contributed by atoms with E-state index in [-0.39, 0.29) is 22.6 Å². The molecule has 3 aromatic rings. The number of amides is 2. The average Bonchev–Trinajstić information content (AvgIpc) is 2.75. The van der Waals surface area contributed by atoms with Crippen LogP contribution in [0, 0.1) is 18.2 Å². The van der Waals surface area contributed by atoms with Crippen LogP contribution in [0.4, 0.5) is 15.9 Å². The van der Waals surface area contributed by atoms with Gasteiger partial charge in [-0.25, -0.2) is 9.37 Å². The molecule has 164 valence electrons. The summed E-state index contributed by atoms with van der Waals surface area (Å²) in [7, 11) is 3.33. The third kappa shape index (κ3) is 5.28. The molecule has 3 rings (SSSR count). The monoisotopic (exact) mass is 453 g/mol. The molecule has 2 aromatic carbocycles. The fourth-order valence-electron chi connectivity index (χ4n) is 2.83. The van der Waals surface area contributed by atoms with Crippen molar-refractivity contribution in [1.82, 2.24) is 9.88 Å². The van der Waals surface area contributed by atoms with Gasteiger partial charge in [-0.2, -0.15) is 0 Å². The topological polar surface area (TPSA) is 98.2 Å². The predicted molar refractivity (Wildman–Crippen MR) is 123 cm³/mol. The number of nitrogens with one attached hydrogen (secondary N) is 3. The van der Waals surface area contributed by atoms with Gasteiger partial charge < -0.3 is 15.5 Å². The van der Waals surface area contributed by atoms with Crippen molar-refractivity contribution in [2.75, 3.05) is 24.7 Å². The number of hydrogen-bond donors (Lipinski definition) is 3. The lowest BCUT2D eigenvalue weighted by Crippen LogP contribution is -2.23. The van der Waals surface area contributed by atoms with Crippen LogP contribution in [0.5, 0.6) is 0 Å². The number of hydrogen-bond acceptors (Lipinski definition) is 4. The number of rotatable bonds is 5. The normalized spacial score (nSPS) is 10.4. The summed E-state index contributed by atoms with van der Waals surface area (Å²) in [4.78, 5) is 31.1. The van der Waals surface area contributed by atoms with E-state index in [0.717, 1.165) is 11.6 Å². The first kappa shape index (κ1) is 22.9. The maximum absolute atomic E-state index is 14.6. The number of pyridine rings is 1. The van der Waals surface area contributed by atoms with Gasteiger partial charge in [-0.05, 0) is 48.9 Å². The molecule has 3 N–H and O–H groups in total. The number of amidine groups is 1. The maximum Gasteiger partial charge on any atom is 0.258 e. The first-order valence-corrected chi connectivity index (χ1v) is 9.94. The molecule has 2 amide bonds. The van der Waals surface area contributed by atoms with E-state index in [9.17, 15) is 14.0 Å². The van der Waals surface area contributed by atoms with Crippen molar-refractivity contribution >= 4 is 40.8 Å². The minimum atomic E-state index is -0.782. The Morgan fingerprint density at radius 3 is 2.34 bits per heavy atom. The van der Waals surface area contributed by atoms with Crippen LogP contribution in [-0.4, -0.2) is 41.6 Å². The van der Waals surface area contributed by atoms with Gasteiger partial charge in [0.1, 0.15) is 17.5 Å². The Balaban J connectivity index is 1.84. The molecular formula is C23H21ClFN5O2. The summed E-state index contributed by atoms with van der Waals surface area (Å²) in [5, 5.41) is 13.4. The lowest BCUT2D eigenvalue weighted by Gasteiger charge is -2.15. The number of carbonyl (C=O) groups excluding carboxylic acids is 2. The van der Waals surface area contributed by atoms with Crippen molar-refractivity contribution in [1.29, 1.82) is 5.41 Å².